The summed E-state index contributed by atoms with van der Waals surface area (Å²) in [6.07, 6.45) is -2.25. The van der Waals surface area contributed by atoms with Crippen LogP contribution in [0.2, 0.25) is 0 Å². The highest BCUT2D eigenvalue weighted by molar-refractivity contribution is 9.10. The number of nitrogens with one attached hydrogen (secondary N) is 2. The fourth-order valence-electron chi connectivity index (χ4n) is 3.22. The Labute approximate surface area is 171 Å². The van der Waals surface area contributed by atoms with Gasteiger partial charge in [0.05, 0.1) is 15.6 Å². The number of nitrogens with two attached hydrogens (primary N) is 1. The van der Waals surface area contributed by atoms with E-state index in [1.165, 1.54) is 18.3 Å². The molecule has 7 nitrogen and oxygen atoms in total. The molecule has 152 valence electrons. The maximum Gasteiger partial charge on any atom is 0.416 e. The van der Waals surface area contributed by atoms with E-state index in [4.69, 9.17) is 5.73 Å². The zero-order valence-electron chi connectivity index (χ0n) is 14.9. The first-order valence-electron chi connectivity index (χ1n) is 8.76. The second kappa shape index (κ2) is 7.30. The minimum atomic E-state index is -4.48. The lowest BCUT2D eigenvalue weighted by atomic mass is 10.2. The van der Waals surface area contributed by atoms with Gasteiger partial charge in [0.15, 0.2) is 0 Å². The number of halogens is 4. The zero-order chi connectivity index (χ0) is 20.8. The van der Waals surface area contributed by atoms with E-state index in [1.54, 1.807) is 0 Å². The van der Waals surface area contributed by atoms with E-state index in [9.17, 15) is 18.0 Å². The molecule has 1 aliphatic heterocycles. The Balaban J connectivity index is 1.84. The predicted octanol–water partition coefficient (Wildman–Crippen LogP) is 3.38. The summed E-state index contributed by atoms with van der Waals surface area (Å²) in [5.74, 6) is 0.471. The Morgan fingerprint density at radius 3 is 2.79 bits per heavy atom. The van der Waals surface area contributed by atoms with Crippen LogP contribution in [0.3, 0.4) is 0 Å². The summed E-state index contributed by atoms with van der Waals surface area (Å²) in [6.45, 7) is 1.20. The minimum Gasteiger partial charge on any atom is -0.339 e. The van der Waals surface area contributed by atoms with Crippen LogP contribution >= 0.6 is 15.9 Å². The first-order valence-corrected chi connectivity index (χ1v) is 9.55. The van der Waals surface area contributed by atoms with Crippen molar-refractivity contribution < 1.29 is 13.2 Å². The van der Waals surface area contributed by atoms with E-state index in [0.29, 0.717) is 29.0 Å². The van der Waals surface area contributed by atoms with Gasteiger partial charge in [0.1, 0.15) is 11.2 Å². The molecule has 11 heteroatoms. The third kappa shape index (κ3) is 3.92. The average molecular weight is 469 g/mol. The van der Waals surface area contributed by atoms with Crippen LogP contribution in [-0.4, -0.2) is 34.1 Å². The van der Waals surface area contributed by atoms with Gasteiger partial charge < -0.3 is 20.9 Å². The first kappa shape index (κ1) is 19.6. The molecule has 1 atom stereocenters. The number of alkyl halides is 3. The molecule has 0 saturated carbocycles. The van der Waals surface area contributed by atoms with Crippen LogP contribution in [0.1, 0.15) is 12.0 Å². The Morgan fingerprint density at radius 1 is 1.31 bits per heavy atom. The number of aromatic amines is 1. The monoisotopic (exact) mass is 468 g/mol. The topological polar surface area (TPSA) is 99.9 Å². The molecule has 2 aromatic heterocycles. The average Bonchev–Trinajstić information content (AvgIpc) is 3.10. The van der Waals surface area contributed by atoms with E-state index in [1.807, 2.05) is 4.90 Å². The van der Waals surface area contributed by atoms with Crippen LogP contribution in [0.5, 0.6) is 0 Å². The van der Waals surface area contributed by atoms with Crippen molar-refractivity contribution in [1.82, 2.24) is 15.0 Å². The summed E-state index contributed by atoms with van der Waals surface area (Å²) < 4.78 is 39.7. The van der Waals surface area contributed by atoms with Crippen LogP contribution in [0.15, 0.2) is 39.7 Å². The Hall–Kier alpha value is -2.66. The lowest BCUT2D eigenvalue weighted by Gasteiger charge is -2.18. The van der Waals surface area contributed by atoms with E-state index < -0.39 is 17.3 Å². The smallest absolute Gasteiger partial charge is 0.339 e. The number of benzene rings is 1. The molecule has 0 unspecified atom stereocenters. The highest BCUT2D eigenvalue weighted by Gasteiger charge is 2.30. The van der Waals surface area contributed by atoms with Crippen molar-refractivity contribution in [1.29, 1.82) is 0 Å². The van der Waals surface area contributed by atoms with Gasteiger partial charge in [-0.05, 0) is 40.5 Å². The van der Waals surface area contributed by atoms with Crippen molar-refractivity contribution in [2.45, 2.75) is 18.6 Å². The maximum atomic E-state index is 13.0. The number of pyridine rings is 1. The van der Waals surface area contributed by atoms with Gasteiger partial charge in [-0.1, -0.05) is 6.07 Å². The molecule has 1 aromatic carbocycles. The Morgan fingerprint density at radius 2 is 2.10 bits per heavy atom. The van der Waals surface area contributed by atoms with Crippen molar-refractivity contribution in [2.75, 3.05) is 23.3 Å². The first-order chi connectivity index (χ1) is 13.7. The molecule has 1 saturated heterocycles. The van der Waals surface area contributed by atoms with Crippen molar-refractivity contribution in [3.63, 3.8) is 0 Å². The summed E-state index contributed by atoms with van der Waals surface area (Å²) >= 11 is 3.36. The predicted molar refractivity (Wildman–Crippen MR) is 107 cm³/mol. The number of H-pyrrole nitrogens is 1. The van der Waals surface area contributed by atoms with Crippen LogP contribution < -0.4 is 21.5 Å². The molecule has 4 rings (SSSR count). The lowest BCUT2D eigenvalue weighted by Crippen LogP contribution is -2.28. The van der Waals surface area contributed by atoms with Gasteiger partial charge in [0, 0.05) is 31.0 Å². The van der Waals surface area contributed by atoms with Gasteiger partial charge in [-0.3, -0.25) is 4.79 Å². The van der Waals surface area contributed by atoms with Gasteiger partial charge in [-0.15, -0.1) is 0 Å². The normalized spacial score (nSPS) is 17.1. The van der Waals surface area contributed by atoms with Crippen molar-refractivity contribution >= 4 is 44.3 Å². The van der Waals surface area contributed by atoms with Gasteiger partial charge in [0.25, 0.3) is 5.56 Å². The second-order valence-corrected chi connectivity index (χ2v) is 7.61. The number of aromatic nitrogens is 3. The highest BCUT2D eigenvalue weighted by atomic mass is 79.9. The van der Waals surface area contributed by atoms with Crippen molar-refractivity contribution in [3.05, 3.63) is 50.9 Å². The number of nitrogens with zero attached hydrogens (tertiary/aromatic N) is 3. The standard InChI is InChI=1S/C18H16BrF3N6O/c19-12-7-24-16(29)13-14(12)26-17(28-5-4-10(23)8-28)27-15(13)25-11-3-1-2-9(6-11)18(20,21)22/h1-3,6-7,10H,4-5,8,23H2,(H,24,29)(H,25,26,27)/t10-/m1/s1. The molecule has 4 N–H and O–H groups in total. The summed E-state index contributed by atoms with van der Waals surface area (Å²) in [5, 5.41) is 3.00. The molecule has 3 heterocycles. The third-order valence-electron chi connectivity index (χ3n) is 4.64. The molecule has 0 spiro atoms. The van der Waals surface area contributed by atoms with Gasteiger partial charge in [-0.25, -0.2) is 4.98 Å². The molecule has 0 aliphatic carbocycles. The second-order valence-electron chi connectivity index (χ2n) is 6.76. The van der Waals surface area contributed by atoms with Crippen LogP contribution in [0.4, 0.5) is 30.6 Å². The summed E-state index contributed by atoms with van der Waals surface area (Å²) in [4.78, 5) is 25.8. The Bertz CT molecular complexity index is 1130. The van der Waals surface area contributed by atoms with Gasteiger partial charge in [-0.2, -0.15) is 18.2 Å². The van der Waals surface area contributed by atoms with Gasteiger partial charge in [0.2, 0.25) is 5.95 Å². The van der Waals surface area contributed by atoms with Crippen LogP contribution in [-0.2, 0) is 6.18 Å². The largest absolute Gasteiger partial charge is 0.416 e. The molecule has 0 radical (unpaired) electrons. The lowest BCUT2D eigenvalue weighted by molar-refractivity contribution is -0.137. The Kier molecular flexibility index (Phi) is 4.95. The molecule has 3 aromatic rings. The number of anilines is 3. The van der Waals surface area contributed by atoms with E-state index >= 15 is 0 Å². The number of rotatable bonds is 3. The van der Waals surface area contributed by atoms with Gasteiger partial charge >= 0.3 is 6.18 Å². The molecular weight excluding hydrogens is 453 g/mol. The highest BCUT2D eigenvalue weighted by Crippen LogP contribution is 2.33. The van der Waals surface area contributed by atoms with E-state index in [2.05, 4.69) is 36.2 Å². The number of hydrogen-bond donors (Lipinski definition) is 3. The summed E-state index contributed by atoms with van der Waals surface area (Å²) in [5.41, 5.74) is 5.22. The zero-order valence-corrected chi connectivity index (χ0v) is 16.5. The van der Waals surface area contributed by atoms with Crippen molar-refractivity contribution in [2.24, 2.45) is 5.73 Å². The number of hydrogen-bond acceptors (Lipinski definition) is 6. The minimum absolute atomic E-state index is 0.0169. The SMILES string of the molecule is N[C@@H]1CCN(c2nc(Nc3cccc(C(F)(F)F)c3)c3c(=O)[nH]cc(Br)c3n2)C1. The quantitative estimate of drug-likeness (QED) is 0.544. The molecule has 29 heavy (non-hydrogen) atoms. The maximum absolute atomic E-state index is 13.0. The number of fused-ring (bicyclic) bond motifs is 1. The fourth-order valence-corrected chi connectivity index (χ4v) is 3.62. The summed E-state index contributed by atoms with van der Waals surface area (Å²) in [6, 6.07) is 4.68. The molecule has 0 amide bonds. The molecule has 1 fully saturated rings. The van der Waals surface area contributed by atoms with E-state index in [-0.39, 0.29) is 22.9 Å². The van der Waals surface area contributed by atoms with Crippen LogP contribution in [0.25, 0.3) is 10.9 Å². The summed E-state index contributed by atoms with van der Waals surface area (Å²) in [7, 11) is 0. The molecule has 0 bridgehead atoms. The van der Waals surface area contributed by atoms with Crippen molar-refractivity contribution in [3.8, 4) is 0 Å². The third-order valence-corrected chi connectivity index (χ3v) is 5.25. The van der Waals surface area contributed by atoms with E-state index in [0.717, 1.165) is 18.6 Å². The van der Waals surface area contributed by atoms with Crippen LogP contribution in [0, 0.1) is 0 Å². The molecular formula is C18H16BrF3N6O. The fraction of sp³-hybridized carbons (Fsp3) is 0.278. The molecule has 1 aliphatic rings.